The van der Waals surface area contributed by atoms with Crippen molar-refractivity contribution in [3.05, 3.63) is 0 Å². The molecular weight excluding hydrogens is 156 g/mol. The first kappa shape index (κ1) is 8.01. The van der Waals surface area contributed by atoms with Crippen LogP contribution in [0.4, 0.5) is 0 Å². The van der Waals surface area contributed by atoms with Gasteiger partial charge in [-0.3, -0.25) is 4.79 Å². The van der Waals surface area contributed by atoms with E-state index < -0.39 is 0 Å². The van der Waals surface area contributed by atoms with Gasteiger partial charge in [0.2, 0.25) is 0 Å². The van der Waals surface area contributed by atoms with E-state index in [1.807, 2.05) is 0 Å². The molecule has 2 aliphatic rings. The number of rotatable bonds is 2. The molecule has 0 aromatic heterocycles. The first-order valence-electron chi connectivity index (χ1n) is 4.49. The van der Waals surface area contributed by atoms with Crippen molar-refractivity contribution in [1.29, 1.82) is 0 Å². The lowest BCUT2D eigenvalue weighted by Gasteiger charge is -2.22. The summed E-state index contributed by atoms with van der Waals surface area (Å²) in [4.78, 5) is 11.4. The predicted molar refractivity (Wildman–Crippen MR) is 43.8 cm³/mol. The molecule has 68 valence electrons. The summed E-state index contributed by atoms with van der Waals surface area (Å²) in [5.41, 5.74) is 0. The molecule has 4 heteroatoms. The highest BCUT2D eigenvalue weighted by atomic mass is 16.5. The first-order valence-corrected chi connectivity index (χ1v) is 4.49. The van der Waals surface area contributed by atoms with Crippen LogP contribution in [-0.2, 0) is 9.53 Å². The van der Waals surface area contributed by atoms with E-state index in [1.165, 1.54) is 0 Å². The Morgan fingerprint density at radius 3 is 2.92 bits per heavy atom. The maximum Gasteiger partial charge on any atom is 0.250 e. The fourth-order valence-electron chi connectivity index (χ4n) is 1.26. The molecule has 1 saturated heterocycles. The van der Waals surface area contributed by atoms with Crippen molar-refractivity contribution >= 4 is 5.91 Å². The number of amides is 1. The zero-order chi connectivity index (χ0) is 8.39. The van der Waals surface area contributed by atoms with Crippen molar-refractivity contribution in [1.82, 2.24) is 10.6 Å². The Kier molecular flexibility index (Phi) is 2.28. The topological polar surface area (TPSA) is 50.4 Å². The maximum absolute atomic E-state index is 11.4. The third-order valence-corrected chi connectivity index (χ3v) is 2.14. The van der Waals surface area contributed by atoms with Crippen LogP contribution in [-0.4, -0.2) is 37.7 Å². The molecule has 0 radical (unpaired) electrons. The van der Waals surface area contributed by atoms with Crippen molar-refractivity contribution in [2.45, 2.75) is 25.0 Å². The first-order chi connectivity index (χ1) is 5.86. The van der Waals surface area contributed by atoms with Gasteiger partial charge in [0.1, 0.15) is 6.10 Å². The van der Waals surface area contributed by atoms with Crippen LogP contribution in [0.15, 0.2) is 0 Å². The van der Waals surface area contributed by atoms with Crippen LogP contribution in [0.1, 0.15) is 12.8 Å². The van der Waals surface area contributed by atoms with E-state index in [4.69, 9.17) is 4.74 Å². The molecule has 2 N–H and O–H groups in total. The van der Waals surface area contributed by atoms with E-state index in [0.29, 0.717) is 19.2 Å². The van der Waals surface area contributed by atoms with E-state index in [9.17, 15) is 4.79 Å². The van der Waals surface area contributed by atoms with Crippen LogP contribution in [0.25, 0.3) is 0 Å². The second kappa shape index (κ2) is 3.41. The van der Waals surface area contributed by atoms with Gasteiger partial charge in [0.05, 0.1) is 6.61 Å². The Morgan fingerprint density at radius 2 is 2.33 bits per heavy atom. The molecule has 0 aromatic rings. The molecule has 0 bridgehead atoms. The van der Waals surface area contributed by atoms with Crippen LogP contribution >= 0.6 is 0 Å². The van der Waals surface area contributed by atoms with E-state index in [1.54, 1.807) is 0 Å². The Balaban J connectivity index is 1.76. The van der Waals surface area contributed by atoms with E-state index in [0.717, 1.165) is 19.4 Å². The van der Waals surface area contributed by atoms with E-state index in [2.05, 4.69) is 10.6 Å². The summed E-state index contributed by atoms with van der Waals surface area (Å²) in [7, 11) is 0. The standard InChI is InChI=1S/C8H14N2O2/c11-8(10-6-1-2-6)7-5-9-3-4-12-7/h6-7,9H,1-5H2,(H,10,11)/t7-/m1/s1. The van der Waals surface area contributed by atoms with Gasteiger partial charge in [0.15, 0.2) is 0 Å². The second-order valence-corrected chi connectivity index (χ2v) is 3.35. The molecule has 2 rings (SSSR count). The average Bonchev–Trinajstić information content (AvgIpc) is 2.90. The molecule has 1 heterocycles. The van der Waals surface area contributed by atoms with Crippen LogP contribution < -0.4 is 10.6 Å². The second-order valence-electron chi connectivity index (χ2n) is 3.35. The molecule has 1 aliphatic carbocycles. The largest absolute Gasteiger partial charge is 0.366 e. The molecule has 1 aliphatic heterocycles. The highest BCUT2D eigenvalue weighted by Gasteiger charge is 2.28. The minimum Gasteiger partial charge on any atom is -0.366 e. The van der Waals surface area contributed by atoms with Crippen LogP contribution in [0.3, 0.4) is 0 Å². The van der Waals surface area contributed by atoms with Gasteiger partial charge in [-0.05, 0) is 12.8 Å². The maximum atomic E-state index is 11.4. The fourth-order valence-corrected chi connectivity index (χ4v) is 1.26. The number of ether oxygens (including phenoxy) is 1. The number of morpholine rings is 1. The lowest BCUT2D eigenvalue weighted by Crippen LogP contribution is -2.48. The molecule has 2 fully saturated rings. The van der Waals surface area contributed by atoms with Gasteiger partial charge >= 0.3 is 0 Å². The molecule has 0 unspecified atom stereocenters. The van der Waals surface area contributed by atoms with Crippen molar-refractivity contribution < 1.29 is 9.53 Å². The molecule has 1 atom stereocenters. The van der Waals surface area contributed by atoms with Gasteiger partial charge in [-0.1, -0.05) is 0 Å². The predicted octanol–water partition coefficient (Wildman–Crippen LogP) is -0.747. The SMILES string of the molecule is O=C(NC1CC1)[C@H]1CNCCO1. The third-order valence-electron chi connectivity index (χ3n) is 2.14. The summed E-state index contributed by atoms with van der Waals surface area (Å²) in [6.07, 6.45) is 2.00. The molecule has 1 amide bonds. The molecule has 1 saturated carbocycles. The minimum atomic E-state index is -0.264. The Labute approximate surface area is 71.7 Å². The molecule has 0 aromatic carbocycles. The third kappa shape index (κ3) is 1.95. The number of carbonyl (C=O) groups excluding carboxylic acids is 1. The van der Waals surface area contributed by atoms with Gasteiger partial charge < -0.3 is 15.4 Å². The highest BCUT2D eigenvalue weighted by Crippen LogP contribution is 2.18. The summed E-state index contributed by atoms with van der Waals surface area (Å²) in [5, 5.41) is 6.04. The quantitative estimate of drug-likeness (QED) is 0.573. The van der Waals surface area contributed by atoms with Crippen molar-refractivity contribution in [3.63, 3.8) is 0 Å². The number of hydrogen-bond acceptors (Lipinski definition) is 3. The summed E-state index contributed by atoms with van der Waals surface area (Å²) in [6, 6.07) is 0.433. The Hall–Kier alpha value is -0.610. The Morgan fingerprint density at radius 1 is 1.50 bits per heavy atom. The summed E-state index contributed by atoms with van der Waals surface area (Å²) >= 11 is 0. The van der Waals surface area contributed by atoms with Crippen LogP contribution in [0.2, 0.25) is 0 Å². The van der Waals surface area contributed by atoms with E-state index in [-0.39, 0.29) is 12.0 Å². The van der Waals surface area contributed by atoms with Gasteiger partial charge in [-0.2, -0.15) is 0 Å². The molecule has 0 spiro atoms. The summed E-state index contributed by atoms with van der Waals surface area (Å²) < 4.78 is 5.29. The summed E-state index contributed by atoms with van der Waals surface area (Å²) in [6.45, 7) is 2.15. The molecule has 12 heavy (non-hydrogen) atoms. The average molecular weight is 170 g/mol. The van der Waals surface area contributed by atoms with E-state index >= 15 is 0 Å². The Bertz CT molecular complexity index is 174. The lowest BCUT2D eigenvalue weighted by atomic mass is 10.3. The van der Waals surface area contributed by atoms with Crippen molar-refractivity contribution in [2.75, 3.05) is 19.7 Å². The zero-order valence-corrected chi connectivity index (χ0v) is 7.01. The van der Waals surface area contributed by atoms with Gasteiger partial charge in [0, 0.05) is 19.1 Å². The lowest BCUT2D eigenvalue weighted by molar-refractivity contribution is -0.134. The smallest absolute Gasteiger partial charge is 0.250 e. The monoisotopic (exact) mass is 170 g/mol. The number of nitrogens with one attached hydrogen (secondary N) is 2. The summed E-state index contributed by atoms with van der Waals surface area (Å²) in [5.74, 6) is 0.0460. The zero-order valence-electron chi connectivity index (χ0n) is 7.01. The van der Waals surface area contributed by atoms with Crippen LogP contribution in [0, 0.1) is 0 Å². The van der Waals surface area contributed by atoms with Gasteiger partial charge in [-0.25, -0.2) is 0 Å². The normalized spacial score (nSPS) is 29.8. The molecular formula is C8H14N2O2. The van der Waals surface area contributed by atoms with Crippen LogP contribution in [0.5, 0.6) is 0 Å². The fraction of sp³-hybridized carbons (Fsp3) is 0.875. The number of carbonyl (C=O) groups is 1. The van der Waals surface area contributed by atoms with Crippen molar-refractivity contribution in [3.8, 4) is 0 Å². The van der Waals surface area contributed by atoms with Gasteiger partial charge in [0.25, 0.3) is 5.91 Å². The number of hydrogen-bond donors (Lipinski definition) is 2. The molecule has 4 nitrogen and oxygen atoms in total. The highest BCUT2D eigenvalue weighted by molar-refractivity contribution is 5.81. The van der Waals surface area contributed by atoms with Crippen molar-refractivity contribution in [2.24, 2.45) is 0 Å². The minimum absolute atomic E-state index is 0.0460. The van der Waals surface area contributed by atoms with Gasteiger partial charge in [-0.15, -0.1) is 0 Å².